The highest BCUT2D eigenvalue weighted by Gasteiger charge is 2.23. The number of halogens is 1. The molecule has 1 saturated heterocycles. The molecule has 0 radical (unpaired) electrons. The van der Waals surface area contributed by atoms with Crippen molar-refractivity contribution in [2.24, 2.45) is 5.92 Å². The number of nitrogens with one attached hydrogen (secondary N) is 3. The third-order valence-electron chi connectivity index (χ3n) is 4.50. The summed E-state index contributed by atoms with van der Waals surface area (Å²) >= 11 is 2.81. The van der Waals surface area contributed by atoms with Crippen LogP contribution in [0.2, 0.25) is 0 Å². The Morgan fingerprint density at radius 3 is 3.15 bits per heavy atom. The number of thiophene rings is 1. The summed E-state index contributed by atoms with van der Waals surface area (Å²) in [7, 11) is 0. The molecule has 1 amide bonds. The van der Waals surface area contributed by atoms with Gasteiger partial charge in [0.25, 0.3) is 0 Å². The van der Waals surface area contributed by atoms with Gasteiger partial charge in [0, 0.05) is 29.7 Å². The van der Waals surface area contributed by atoms with Gasteiger partial charge in [-0.05, 0) is 19.1 Å². The summed E-state index contributed by atoms with van der Waals surface area (Å²) in [4.78, 5) is 20.7. The van der Waals surface area contributed by atoms with Crippen molar-refractivity contribution < 1.29 is 9.18 Å². The summed E-state index contributed by atoms with van der Waals surface area (Å²) in [6.07, 6.45) is 1.43. The van der Waals surface area contributed by atoms with Gasteiger partial charge >= 0.3 is 0 Å². The van der Waals surface area contributed by atoms with Gasteiger partial charge in [-0.3, -0.25) is 15.6 Å². The van der Waals surface area contributed by atoms with Crippen LogP contribution in [0, 0.1) is 11.7 Å². The van der Waals surface area contributed by atoms with Crippen molar-refractivity contribution in [3.05, 3.63) is 30.3 Å². The number of nitrogens with zero attached hydrogens (tertiary/aromatic N) is 2. The second-order valence-corrected chi connectivity index (χ2v) is 8.25. The van der Waals surface area contributed by atoms with Crippen molar-refractivity contribution in [2.45, 2.75) is 18.0 Å². The fourth-order valence-electron chi connectivity index (χ4n) is 2.98. The molecule has 136 valence electrons. The maximum Gasteiger partial charge on any atom is 0.230 e. The highest BCUT2D eigenvalue weighted by molar-refractivity contribution is 8.00. The van der Waals surface area contributed by atoms with Crippen LogP contribution in [0.15, 0.2) is 29.6 Å². The molecule has 3 aromatic rings. The number of hydrogen-bond donors (Lipinski definition) is 3. The van der Waals surface area contributed by atoms with Gasteiger partial charge in [-0.15, -0.1) is 11.3 Å². The van der Waals surface area contributed by atoms with E-state index in [2.05, 4.69) is 33.1 Å². The van der Waals surface area contributed by atoms with Crippen LogP contribution in [-0.2, 0) is 4.79 Å². The summed E-state index contributed by atoms with van der Waals surface area (Å²) in [5.74, 6) is 0.326. The van der Waals surface area contributed by atoms with E-state index in [1.165, 1.54) is 35.5 Å². The van der Waals surface area contributed by atoms with E-state index in [1.54, 1.807) is 6.07 Å². The van der Waals surface area contributed by atoms with Crippen LogP contribution in [0.4, 0.5) is 4.39 Å². The molecule has 2 unspecified atom stereocenters. The normalized spacial score (nSPS) is 20.1. The molecule has 1 aliphatic heterocycles. The highest BCUT2D eigenvalue weighted by atomic mass is 32.2. The maximum atomic E-state index is 14.1. The first-order valence-corrected chi connectivity index (χ1v) is 10.1. The number of hydrazine groups is 1. The number of hydrogen-bond acceptors (Lipinski definition) is 7. The molecule has 0 aliphatic carbocycles. The minimum atomic E-state index is -0.283. The Bertz CT molecular complexity index is 963. The Labute approximate surface area is 157 Å². The Balaban J connectivity index is 1.46. The number of aromatic nitrogens is 2. The predicted molar refractivity (Wildman–Crippen MR) is 103 cm³/mol. The first-order chi connectivity index (χ1) is 12.6. The van der Waals surface area contributed by atoms with Gasteiger partial charge in [0.15, 0.2) is 0 Å². The molecule has 9 heteroatoms. The zero-order valence-electron chi connectivity index (χ0n) is 14.1. The zero-order valence-corrected chi connectivity index (χ0v) is 15.7. The molecule has 1 fully saturated rings. The Hall–Kier alpha value is -1.81. The standard InChI is InChI=1S/C17H18FN5OS2/c1-9-10(6-22-23-9)5-19-13(24)7-25-17-16-15(20-8-21-17)14-11(18)3-2-4-12(14)26-16/h2-4,8-10,22-23H,5-7H2,1H3,(H,19,24). The summed E-state index contributed by atoms with van der Waals surface area (Å²) in [6, 6.07) is 5.33. The summed E-state index contributed by atoms with van der Waals surface area (Å²) in [5.41, 5.74) is 6.83. The Morgan fingerprint density at radius 1 is 1.46 bits per heavy atom. The zero-order chi connectivity index (χ0) is 18.1. The van der Waals surface area contributed by atoms with Crippen LogP contribution in [0.25, 0.3) is 20.3 Å². The molecular weight excluding hydrogens is 373 g/mol. The Morgan fingerprint density at radius 2 is 2.35 bits per heavy atom. The molecule has 3 N–H and O–H groups in total. The van der Waals surface area contributed by atoms with Crippen LogP contribution < -0.4 is 16.2 Å². The lowest BCUT2D eigenvalue weighted by atomic mass is 10.0. The number of carbonyl (C=O) groups is 1. The number of fused-ring (bicyclic) bond motifs is 3. The van der Waals surface area contributed by atoms with Gasteiger partial charge in [0.05, 0.1) is 21.4 Å². The van der Waals surface area contributed by atoms with Crippen LogP contribution in [0.5, 0.6) is 0 Å². The van der Waals surface area contributed by atoms with Gasteiger partial charge in [-0.25, -0.2) is 14.4 Å². The lowest BCUT2D eigenvalue weighted by molar-refractivity contribution is -0.118. The molecule has 6 nitrogen and oxygen atoms in total. The first-order valence-electron chi connectivity index (χ1n) is 8.33. The number of thioether (sulfide) groups is 1. The number of carbonyl (C=O) groups excluding carboxylic acids is 1. The first kappa shape index (κ1) is 17.6. The van der Waals surface area contributed by atoms with E-state index in [1.807, 2.05) is 6.07 Å². The third kappa shape index (κ3) is 3.39. The van der Waals surface area contributed by atoms with E-state index < -0.39 is 0 Å². The van der Waals surface area contributed by atoms with Gasteiger partial charge in [0.2, 0.25) is 5.91 Å². The van der Waals surface area contributed by atoms with E-state index in [0.29, 0.717) is 34.4 Å². The van der Waals surface area contributed by atoms with Crippen LogP contribution >= 0.6 is 23.1 Å². The van der Waals surface area contributed by atoms with E-state index >= 15 is 0 Å². The van der Waals surface area contributed by atoms with E-state index in [-0.39, 0.29) is 17.5 Å². The fraction of sp³-hybridized carbons (Fsp3) is 0.353. The second kappa shape index (κ2) is 7.43. The number of benzene rings is 1. The topological polar surface area (TPSA) is 78.9 Å². The summed E-state index contributed by atoms with van der Waals surface area (Å²) in [6.45, 7) is 3.56. The van der Waals surface area contributed by atoms with Crippen molar-refractivity contribution in [2.75, 3.05) is 18.8 Å². The molecule has 0 spiro atoms. The molecule has 4 rings (SSSR count). The maximum absolute atomic E-state index is 14.1. The average Bonchev–Trinajstić information content (AvgIpc) is 3.22. The van der Waals surface area contributed by atoms with Gasteiger partial charge < -0.3 is 5.32 Å². The number of amides is 1. The van der Waals surface area contributed by atoms with Gasteiger partial charge in [0.1, 0.15) is 17.2 Å². The molecular formula is C17H18FN5OS2. The minimum absolute atomic E-state index is 0.0341. The fourth-order valence-corrected chi connectivity index (χ4v) is 5.06. The van der Waals surface area contributed by atoms with E-state index in [0.717, 1.165) is 15.9 Å². The SMILES string of the molecule is CC1NNCC1CNC(=O)CSc1ncnc2c1sc1cccc(F)c12. The minimum Gasteiger partial charge on any atom is -0.355 e. The second-order valence-electron chi connectivity index (χ2n) is 6.24. The molecule has 3 heterocycles. The summed E-state index contributed by atoms with van der Waals surface area (Å²) in [5, 5.41) is 4.21. The largest absolute Gasteiger partial charge is 0.355 e. The monoisotopic (exact) mass is 391 g/mol. The van der Waals surface area contributed by atoms with E-state index in [4.69, 9.17) is 0 Å². The van der Waals surface area contributed by atoms with Crippen molar-refractivity contribution >= 4 is 49.3 Å². The average molecular weight is 391 g/mol. The number of rotatable bonds is 5. The lowest BCUT2D eigenvalue weighted by Gasteiger charge is -2.14. The molecule has 1 aliphatic rings. The molecule has 2 aromatic heterocycles. The molecule has 2 atom stereocenters. The lowest BCUT2D eigenvalue weighted by Crippen LogP contribution is -2.36. The van der Waals surface area contributed by atoms with Crippen LogP contribution in [-0.4, -0.2) is 40.8 Å². The molecule has 0 bridgehead atoms. The van der Waals surface area contributed by atoms with Crippen molar-refractivity contribution in [3.63, 3.8) is 0 Å². The summed E-state index contributed by atoms with van der Waals surface area (Å²) < 4.78 is 15.8. The van der Waals surface area contributed by atoms with Gasteiger partial charge in [-0.2, -0.15) is 0 Å². The quantitative estimate of drug-likeness (QED) is 0.458. The predicted octanol–water partition coefficient (Wildman–Crippen LogP) is 2.30. The van der Waals surface area contributed by atoms with E-state index in [9.17, 15) is 9.18 Å². The van der Waals surface area contributed by atoms with Crippen LogP contribution in [0.1, 0.15) is 6.92 Å². The molecule has 26 heavy (non-hydrogen) atoms. The third-order valence-corrected chi connectivity index (χ3v) is 6.77. The highest BCUT2D eigenvalue weighted by Crippen LogP contribution is 2.38. The Kier molecular flexibility index (Phi) is 5.03. The van der Waals surface area contributed by atoms with Crippen molar-refractivity contribution in [1.82, 2.24) is 26.1 Å². The molecule has 0 saturated carbocycles. The van der Waals surface area contributed by atoms with Crippen molar-refractivity contribution in [3.8, 4) is 0 Å². The van der Waals surface area contributed by atoms with Gasteiger partial charge in [-0.1, -0.05) is 17.8 Å². The van der Waals surface area contributed by atoms with Crippen molar-refractivity contribution in [1.29, 1.82) is 0 Å². The van der Waals surface area contributed by atoms with Crippen LogP contribution in [0.3, 0.4) is 0 Å². The molecule has 1 aromatic carbocycles. The smallest absolute Gasteiger partial charge is 0.230 e.